The minimum Gasteiger partial charge on any atom is -0.480 e. The van der Waals surface area contributed by atoms with Crippen LogP contribution in [0.25, 0.3) is 11.1 Å². The summed E-state index contributed by atoms with van der Waals surface area (Å²) in [6, 6.07) is 12.5. The van der Waals surface area contributed by atoms with E-state index in [-0.39, 0.29) is 5.91 Å². The zero-order chi connectivity index (χ0) is 28.2. The van der Waals surface area contributed by atoms with Gasteiger partial charge in [0.05, 0.1) is 0 Å². The van der Waals surface area contributed by atoms with Gasteiger partial charge in [-0.25, -0.2) is 4.79 Å². The van der Waals surface area contributed by atoms with Crippen molar-refractivity contribution < 1.29 is 19.5 Å². The van der Waals surface area contributed by atoms with Crippen LogP contribution in [-0.4, -0.2) is 47.5 Å². The van der Waals surface area contributed by atoms with Crippen molar-refractivity contribution in [2.75, 3.05) is 18.6 Å². The van der Waals surface area contributed by atoms with E-state index in [1.165, 1.54) is 19.3 Å². The summed E-state index contributed by atoms with van der Waals surface area (Å²) in [6.07, 6.45) is 7.01. The van der Waals surface area contributed by atoms with Crippen LogP contribution in [0.5, 0.6) is 0 Å². The molecule has 2 bridgehead atoms. The van der Waals surface area contributed by atoms with Crippen LogP contribution >= 0.6 is 11.8 Å². The van der Waals surface area contributed by atoms with Gasteiger partial charge in [-0.15, -0.1) is 0 Å². The molecular weight excluding hydrogens is 508 g/mol. The Hall–Kier alpha value is -2.80. The van der Waals surface area contributed by atoms with Crippen molar-refractivity contribution in [1.82, 2.24) is 10.6 Å². The Balaban J connectivity index is 1.44. The van der Waals surface area contributed by atoms with Crippen molar-refractivity contribution in [2.45, 2.75) is 65.3 Å². The highest BCUT2D eigenvalue weighted by Gasteiger charge is 2.53. The maximum absolute atomic E-state index is 13.3. The maximum Gasteiger partial charge on any atom is 0.326 e. The Morgan fingerprint density at radius 2 is 1.87 bits per heavy atom. The van der Waals surface area contributed by atoms with Gasteiger partial charge in [0.1, 0.15) is 6.04 Å². The number of carboxylic acid groups (broad SMARTS) is 1. The molecule has 0 saturated heterocycles. The Kier molecular flexibility index (Phi) is 9.42. The van der Waals surface area contributed by atoms with E-state index < -0.39 is 17.9 Å². The Labute approximate surface area is 236 Å². The normalized spacial score (nSPS) is 21.9. The first kappa shape index (κ1) is 29.2. The van der Waals surface area contributed by atoms with E-state index in [9.17, 15) is 19.5 Å². The summed E-state index contributed by atoms with van der Waals surface area (Å²) in [6.45, 7) is 7.50. The lowest BCUT2D eigenvalue weighted by molar-refractivity contribution is -0.139. The van der Waals surface area contributed by atoms with Gasteiger partial charge >= 0.3 is 5.97 Å². The molecule has 7 heteroatoms. The van der Waals surface area contributed by atoms with Crippen molar-refractivity contribution in [3.8, 4) is 11.1 Å². The molecule has 3 saturated carbocycles. The van der Waals surface area contributed by atoms with Gasteiger partial charge in [-0.3, -0.25) is 9.59 Å². The van der Waals surface area contributed by atoms with Gasteiger partial charge in [0, 0.05) is 18.5 Å². The molecule has 4 unspecified atom stereocenters. The minimum atomic E-state index is -1.04. The number of carbonyl (C=O) groups excluding carboxylic acids is 2. The Bertz CT molecular complexity index is 1210. The van der Waals surface area contributed by atoms with Gasteiger partial charge in [-0.2, -0.15) is 11.8 Å². The van der Waals surface area contributed by atoms with Crippen molar-refractivity contribution in [1.29, 1.82) is 0 Å². The van der Waals surface area contributed by atoms with Crippen LogP contribution in [0.3, 0.4) is 0 Å². The van der Waals surface area contributed by atoms with Gasteiger partial charge in [-0.05, 0) is 103 Å². The van der Waals surface area contributed by atoms with E-state index in [0.717, 1.165) is 34.7 Å². The number of fused-ring (bicyclic) bond motifs is 2. The Morgan fingerprint density at radius 3 is 2.54 bits per heavy atom. The summed E-state index contributed by atoms with van der Waals surface area (Å²) in [5.74, 6) is 1.41. The van der Waals surface area contributed by atoms with Crippen LogP contribution in [0, 0.1) is 30.1 Å². The number of carboxylic acids is 1. The average molecular weight is 551 g/mol. The van der Waals surface area contributed by atoms with Crippen molar-refractivity contribution in [2.24, 2.45) is 23.2 Å². The third-order valence-corrected chi connectivity index (χ3v) is 9.83. The largest absolute Gasteiger partial charge is 0.480 e. The summed E-state index contributed by atoms with van der Waals surface area (Å²) < 4.78 is 0. The molecule has 6 nitrogen and oxygen atoms in total. The van der Waals surface area contributed by atoms with Gasteiger partial charge < -0.3 is 15.7 Å². The van der Waals surface area contributed by atoms with Crippen LogP contribution in [0.15, 0.2) is 42.5 Å². The minimum absolute atomic E-state index is 0.0617. The fraction of sp³-hybridized carbons (Fsp3) is 0.531. The van der Waals surface area contributed by atoms with E-state index in [1.807, 2.05) is 49.6 Å². The number of benzene rings is 2. The molecule has 2 aromatic carbocycles. The lowest BCUT2D eigenvalue weighted by Gasteiger charge is -2.60. The zero-order valence-corrected chi connectivity index (χ0v) is 24.4. The van der Waals surface area contributed by atoms with Crippen LogP contribution < -0.4 is 10.6 Å². The molecule has 2 amide bonds. The van der Waals surface area contributed by atoms with E-state index in [1.54, 1.807) is 17.8 Å². The number of thioether (sulfide) groups is 1. The van der Waals surface area contributed by atoms with E-state index >= 15 is 0 Å². The number of hydrogen-bond acceptors (Lipinski definition) is 4. The summed E-state index contributed by atoms with van der Waals surface area (Å²) in [4.78, 5) is 37.8. The number of aryl methyl sites for hydroxylation is 2. The molecule has 3 fully saturated rings. The fourth-order valence-electron chi connectivity index (χ4n) is 6.57. The standard InChI is InChI=1S/C32H42N2O4S/c1-20-7-5-6-8-24(20)26-17-21(9-13-25(26)30(36)34-28(31(37)38)15-16-39-4)10-14-29(35)33-19-22-11-12-23-18-27(22)32(23,2)3/h5-9,13,17,22-23,27-28H,10-12,14-16,18-19H2,1-4H3,(H,33,35)(H,34,36)(H,37,38). The van der Waals surface area contributed by atoms with Crippen LogP contribution in [0.1, 0.15) is 67.4 Å². The third kappa shape index (κ3) is 6.68. The number of rotatable bonds is 12. The lowest BCUT2D eigenvalue weighted by atomic mass is 9.45. The second kappa shape index (κ2) is 12.6. The first-order valence-electron chi connectivity index (χ1n) is 14.1. The number of hydrogen-bond donors (Lipinski definition) is 3. The number of carbonyl (C=O) groups is 3. The average Bonchev–Trinajstić information content (AvgIpc) is 2.92. The van der Waals surface area contributed by atoms with Crippen LogP contribution in [0.4, 0.5) is 0 Å². The molecule has 3 N–H and O–H groups in total. The fourth-order valence-corrected chi connectivity index (χ4v) is 7.04. The molecule has 2 aromatic rings. The first-order valence-corrected chi connectivity index (χ1v) is 15.5. The molecule has 3 aliphatic carbocycles. The maximum atomic E-state index is 13.3. The van der Waals surface area contributed by atoms with Gasteiger partial charge in [0.25, 0.3) is 5.91 Å². The van der Waals surface area contributed by atoms with Crippen LogP contribution in [0.2, 0.25) is 0 Å². The lowest BCUT2D eigenvalue weighted by Crippen LogP contribution is -2.54. The summed E-state index contributed by atoms with van der Waals surface area (Å²) in [5, 5.41) is 15.5. The van der Waals surface area contributed by atoms with E-state index in [0.29, 0.717) is 47.8 Å². The van der Waals surface area contributed by atoms with Gasteiger partial charge in [0.2, 0.25) is 5.91 Å². The van der Waals surface area contributed by atoms with Gasteiger partial charge in [-0.1, -0.05) is 50.2 Å². The molecule has 39 heavy (non-hydrogen) atoms. The molecule has 0 aliphatic heterocycles. The molecule has 210 valence electrons. The van der Waals surface area contributed by atoms with E-state index in [4.69, 9.17) is 0 Å². The predicted octanol–water partition coefficient (Wildman–Crippen LogP) is 5.72. The molecule has 3 aliphatic rings. The number of nitrogens with one attached hydrogen (secondary N) is 2. The Morgan fingerprint density at radius 1 is 1.10 bits per heavy atom. The molecule has 4 atom stereocenters. The van der Waals surface area contributed by atoms with Crippen molar-refractivity contribution >= 4 is 29.5 Å². The molecule has 0 spiro atoms. The zero-order valence-electron chi connectivity index (χ0n) is 23.6. The smallest absolute Gasteiger partial charge is 0.326 e. The second-order valence-electron chi connectivity index (χ2n) is 11.8. The van der Waals surface area contributed by atoms with Crippen molar-refractivity contribution in [3.63, 3.8) is 0 Å². The quantitative estimate of drug-likeness (QED) is 0.314. The SMILES string of the molecule is CSCCC(NC(=O)c1ccc(CCC(=O)NCC2CCC3CC2C3(C)C)cc1-c1ccccc1C)C(=O)O. The summed E-state index contributed by atoms with van der Waals surface area (Å²) in [7, 11) is 0. The summed E-state index contributed by atoms with van der Waals surface area (Å²) >= 11 is 1.55. The van der Waals surface area contributed by atoms with Crippen LogP contribution in [-0.2, 0) is 16.0 Å². The topological polar surface area (TPSA) is 95.5 Å². The first-order chi connectivity index (χ1) is 18.6. The third-order valence-electron chi connectivity index (χ3n) is 9.18. The highest BCUT2D eigenvalue weighted by atomic mass is 32.2. The van der Waals surface area contributed by atoms with Gasteiger partial charge in [0.15, 0.2) is 0 Å². The predicted molar refractivity (Wildman–Crippen MR) is 158 cm³/mol. The number of amides is 2. The molecule has 0 aromatic heterocycles. The highest BCUT2D eigenvalue weighted by molar-refractivity contribution is 7.98. The molecule has 0 heterocycles. The summed E-state index contributed by atoms with van der Waals surface area (Å²) in [5.41, 5.74) is 4.51. The van der Waals surface area contributed by atoms with Crippen molar-refractivity contribution in [3.05, 3.63) is 59.2 Å². The molecule has 5 rings (SSSR count). The highest BCUT2D eigenvalue weighted by Crippen LogP contribution is 2.61. The molecular formula is C32H42N2O4S. The van der Waals surface area contributed by atoms with E-state index in [2.05, 4.69) is 24.5 Å². The second-order valence-corrected chi connectivity index (χ2v) is 12.8. The molecule has 0 radical (unpaired) electrons. The monoisotopic (exact) mass is 550 g/mol. The number of aliphatic carboxylic acids is 1.